The first-order valence-corrected chi connectivity index (χ1v) is 16.1. The van der Waals surface area contributed by atoms with E-state index in [0.29, 0.717) is 19.3 Å². The van der Waals surface area contributed by atoms with E-state index in [1.165, 1.54) is 0 Å². The van der Waals surface area contributed by atoms with E-state index in [2.05, 4.69) is 29.6 Å². The van der Waals surface area contributed by atoms with E-state index in [1.54, 1.807) is 0 Å². The molecule has 0 bridgehead atoms. The Bertz CT molecular complexity index is 1560. The zero-order valence-electron chi connectivity index (χ0n) is 25.5. The highest BCUT2D eigenvalue weighted by Crippen LogP contribution is 2.33. The second-order valence-electron chi connectivity index (χ2n) is 12.7. The smallest absolute Gasteiger partial charge is 0.226 e. The van der Waals surface area contributed by atoms with E-state index in [1.807, 2.05) is 95.9 Å². The number of benzene rings is 4. The quantitative estimate of drug-likeness (QED) is 0.211. The molecule has 2 aliphatic rings. The van der Waals surface area contributed by atoms with Crippen molar-refractivity contribution in [3.05, 3.63) is 143 Å². The van der Waals surface area contributed by atoms with Crippen LogP contribution in [0.4, 0.5) is 0 Å². The Morgan fingerprint density at radius 1 is 0.800 bits per heavy atom. The normalized spacial score (nSPS) is 22.2. The lowest BCUT2D eigenvalue weighted by atomic mass is 9.91. The topological polar surface area (TPSA) is 89.9 Å². The monoisotopic (exact) mass is 602 g/mol. The summed E-state index contributed by atoms with van der Waals surface area (Å²) < 4.78 is 0. The van der Waals surface area contributed by atoms with Gasteiger partial charge in [0.15, 0.2) is 0 Å². The fourth-order valence-electron chi connectivity index (χ4n) is 7.19. The second kappa shape index (κ2) is 14.2. The molecule has 232 valence electrons. The van der Waals surface area contributed by atoms with Crippen LogP contribution in [0.3, 0.4) is 0 Å². The fourth-order valence-corrected chi connectivity index (χ4v) is 7.19. The summed E-state index contributed by atoms with van der Waals surface area (Å²) >= 11 is 0. The third kappa shape index (κ3) is 7.52. The van der Waals surface area contributed by atoms with Gasteiger partial charge in [0.05, 0.1) is 18.2 Å². The molecule has 6 rings (SSSR count). The lowest BCUT2D eigenvalue weighted by Gasteiger charge is -2.29. The van der Waals surface area contributed by atoms with Gasteiger partial charge in [0, 0.05) is 30.8 Å². The molecule has 6 heteroatoms. The lowest BCUT2D eigenvalue weighted by Crippen LogP contribution is -2.43. The van der Waals surface area contributed by atoms with Crippen molar-refractivity contribution in [1.82, 2.24) is 10.2 Å². The first-order chi connectivity index (χ1) is 21.9. The third-order valence-corrected chi connectivity index (χ3v) is 9.43. The van der Waals surface area contributed by atoms with Crippen LogP contribution in [-0.4, -0.2) is 51.7 Å². The van der Waals surface area contributed by atoms with Gasteiger partial charge in [0.25, 0.3) is 0 Å². The molecule has 3 unspecified atom stereocenters. The molecule has 1 aliphatic carbocycles. The molecule has 1 fully saturated rings. The Labute approximate surface area is 265 Å². The largest absolute Gasteiger partial charge is 0.391 e. The van der Waals surface area contributed by atoms with Crippen LogP contribution in [0, 0.1) is 11.8 Å². The summed E-state index contributed by atoms with van der Waals surface area (Å²) in [5.74, 6) is -0.823. The van der Waals surface area contributed by atoms with Crippen LogP contribution in [-0.2, 0) is 35.3 Å². The Morgan fingerprint density at radius 2 is 1.38 bits per heavy atom. The molecule has 4 aromatic carbocycles. The molecule has 6 atom stereocenters. The highest BCUT2D eigenvalue weighted by atomic mass is 16.3. The maximum Gasteiger partial charge on any atom is 0.226 e. The van der Waals surface area contributed by atoms with Crippen molar-refractivity contribution < 1.29 is 19.8 Å². The number of nitrogens with zero attached hydrogens (tertiary/aromatic N) is 1. The zero-order chi connectivity index (χ0) is 31.2. The van der Waals surface area contributed by atoms with Gasteiger partial charge in [-0.15, -0.1) is 0 Å². The number of carbonyl (C=O) groups is 2. The molecule has 2 amide bonds. The number of likely N-dealkylation sites (tertiary alicyclic amines) is 1. The zero-order valence-corrected chi connectivity index (χ0v) is 25.5. The molecular formula is C39H42N2O4. The molecule has 45 heavy (non-hydrogen) atoms. The molecule has 0 saturated carbocycles. The summed E-state index contributed by atoms with van der Waals surface area (Å²) in [7, 11) is 0. The summed E-state index contributed by atoms with van der Waals surface area (Å²) in [6.07, 6.45) is 1.68. The number of rotatable bonds is 12. The number of hydrogen-bond donors (Lipinski definition) is 3. The third-order valence-electron chi connectivity index (χ3n) is 9.43. The SMILES string of the molecule is O=C(N[C@H]1c2ccccc2C[C@H]1O)C(Cc1ccccc1)CC(O)CN1C(=O)C(Cc2ccccc2)C[C@@H]1Cc1ccccc1. The number of aliphatic hydroxyl groups excluding tert-OH is 2. The fraction of sp³-hybridized carbons (Fsp3) is 0.333. The van der Waals surface area contributed by atoms with Gasteiger partial charge in [-0.25, -0.2) is 0 Å². The molecule has 6 nitrogen and oxygen atoms in total. The highest BCUT2D eigenvalue weighted by molar-refractivity contribution is 5.82. The van der Waals surface area contributed by atoms with Crippen molar-refractivity contribution in [3.8, 4) is 0 Å². The number of amides is 2. The van der Waals surface area contributed by atoms with E-state index < -0.39 is 24.2 Å². The molecule has 0 spiro atoms. The van der Waals surface area contributed by atoms with Crippen LogP contribution in [0.1, 0.15) is 46.7 Å². The van der Waals surface area contributed by atoms with Gasteiger partial charge in [-0.05, 0) is 59.9 Å². The Kier molecular flexibility index (Phi) is 9.72. The maximum atomic E-state index is 13.8. The summed E-state index contributed by atoms with van der Waals surface area (Å²) in [5.41, 5.74) is 5.27. The van der Waals surface area contributed by atoms with Crippen LogP contribution in [0.2, 0.25) is 0 Å². The number of β-amino-alcohol motifs (C(OH)–C–C–N with tert-alkyl or cyclic N) is 1. The number of carbonyl (C=O) groups excluding carboxylic acids is 2. The summed E-state index contributed by atoms with van der Waals surface area (Å²) in [6.45, 7) is 0.176. The average molecular weight is 603 g/mol. The van der Waals surface area contributed by atoms with Crippen molar-refractivity contribution >= 4 is 11.8 Å². The number of hydrogen-bond acceptors (Lipinski definition) is 4. The van der Waals surface area contributed by atoms with Crippen LogP contribution < -0.4 is 5.32 Å². The van der Waals surface area contributed by atoms with Gasteiger partial charge in [-0.1, -0.05) is 115 Å². The molecule has 1 saturated heterocycles. The molecule has 0 radical (unpaired) electrons. The minimum absolute atomic E-state index is 0.0326. The summed E-state index contributed by atoms with van der Waals surface area (Å²) in [5, 5.41) is 25.4. The molecule has 1 aliphatic heterocycles. The Morgan fingerprint density at radius 3 is 2.04 bits per heavy atom. The molecule has 3 N–H and O–H groups in total. The molecule has 1 heterocycles. The van der Waals surface area contributed by atoms with Crippen molar-refractivity contribution in [2.45, 2.75) is 62.8 Å². The van der Waals surface area contributed by atoms with Gasteiger partial charge in [-0.2, -0.15) is 0 Å². The van der Waals surface area contributed by atoms with Crippen LogP contribution in [0.15, 0.2) is 115 Å². The lowest BCUT2D eigenvalue weighted by molar-refractivity contribution is -0.133. The molecule has 4 aromatic rings. The minimum atomic E-state index is -0.886. The van der Waals surface area contributed by atoms with Gasteiger partial charge in [0.2, 0.25) is 11.8 Å². The Balaban J connectivity index is 1.18. The van der Waals surface area contributed by atoms with E-state index in [0.717, 1.165) is 40.7 Å². The first-order valence-electron chi connectivity index (χ1n) is 16.1. The van der Waals surface area contributed by atoms with E-state index in [-0.39, 0.29) is 36.7 Å². The molecule has 0 aromatic heterocycles. The predicted molar refractivity (Wildman–Crippen MR) is 175 cm³/mol. The van der Waals surface area contributed by atoms with Crippen molar-refractivity contribution in [2.75, 3.05) is 6.54 Å². The average Bonchev–Trinajstić information content (AvgIpc) is 3.52. The van der Waals surface area contributed by atoms with Crippen LogP contribution in [0.5, 0.6) is 0 Å². The van der Waals surface area contributed by atoms with Crippen molar-refractivity contribution in [3.63, 3.8) is 0 Å². The van der Waals surface area contributed by atoms with E-state index in [9.17, 15) is 19.8 Å². The van der Waals surface area contributed by atoms with E-state index in [4.69, 9.17) is 0 Å². The number of aliphatic hydroxyl groups is 2. The van der Waals surface area contributed by atoms with Gasteiger partial charge >= 0.3 is 0 Å². The maximum absolute atomic E-state index is 13.8. The van der Waals surface area contributed by atoms with Crippen LogP contribution >= 0.6 is 0 Å². The van der Waals surface area contributed by atoms with Crippen LogP contribution in [0.25, 0.3) is 0 Å². The van der Waals surface area contributed by atoms with Gasteiger partial charge in [-0.3, -0.25) is 9.59 Å². The van der Waals surface area contributed by atoms with Gasteiger partial charge < -0.3 is 20.4 Å². The van der Waals surface area contributed by atoms with Crippen molar-refractivity contribution in [1.29, 1.82) is 0 Å². The number of nitrogens with one attached hydrogen (secondary N) is 1. The van der Waals surface area contributed by atoms with Gasteiger partial charge in [0.1, 0.15) is 0 Å². The van der Waals surface area contributed by atoms with Crippen molar-refractivity contribution in [2.24, 2.45) is 11.8 Å². The summed E-state index contributed by atoms with van der Waals surface area (Å²) in [4.78, 5) is 29.6. The summed E-state index contributed by atoms with van der Waals surface area (Å²) in [6, 6.07) is 37.4. The first kappa shape index (κ1) is 30.8. The second-order valence-corrected chi connectivity index (χ2v) is 12.7. The number of fused-ring (bicyclic) bond motifs is 1. The minimum Gasteiger partial charge on any atom is -0.391 e. The van der Waals surface area contributed by atoms with E-state index >= 15 is 0 Å². The highest BCUT2D eigenvalue weighted by Gasteiger charge is 2.41. The molecular weight excluding hydrogens is 560 g/mol. The predicted octanol–water partition coefficient (Wildman–Crippen LogP) is 5.07. The Hall–Kier alpha value is -4.26. The standard InChI is InChI=1S/C39H42N2O4/c42-34(26-41-33(22-29-16-8-3-9-17-29)23-32(39(41)45)21-28-14-6-2-7-15-28)24-31(20-27-12-4-1-5-13-27)38(44)40-37-35-19-11-10-18-30(35)25-36(37)43/h1-19,31-34,36-37,42-43H,20-26H2,(H,40,44)/t31?,32?,33-,34?,36+,37-/m0/s1.